The maximum absolute atomic E-state index is 2.34. The minimum Gasteiger partial charge on any atom is -0.389 e. The summed E-state index contributed by atoms with van der Waals surface area (Å²) >= 11 is 0. The summed E-state index contributed by atoms with van der Waals surface area (Å²) in [6.45, 7) is 2.43. The lowest BCUT2D eigenvalue weighted by molar-refractivity contribution is 0.797. The van der Waals surface area contributed by atoms with Crippen LogP contribution in [0, 0.1) is 0 Å². The second kappa shape index (κ2) is 34.7. The van der Waals surface area contributed by atoms with Gasteiger partial charge < -0.3 is 33.7 Å². The van der Waals surface area contributed by atoms with E-state index in [1.165, 1.54) is 164 Å². The summed E-state index contributed by atoms with van der Waals surface area (Å²) in [6.07, 6.45) is 68.7. The first-order valence-corrected chi connectivity index (χ1v) is 45.2. The Bertz CT molecular complexity index is 7410. The van der Waals surface area contributed by atoms with E-state index in [1.807, 2.05) is 0 Å². The van der Waals surface area contributed by atoms with Crippen LogP contribution in [0.2, 0.25) is 0 Å². The lowest BCUT2D eigenvalue weighted by Crippen LogP contribution is -2.46. The first-order chi connectivity index (χ1) is 64.5. The summed E-state index contributed by atoms with van der Waals surface area (Å²) in [5.74, 6) is 22.4. The number of nitrogens with zero attached hydrogens (tertiary/aromatic N) is 7. The number of hydrogen-bond donors (Lipinski definition) is 0. The van der Waals surface area contributed by atoms with Gasteiger partial charge >= 0.3 is 47.9 Å². The fraction of sp³-hybridized carbons (Fsp3) is 0. The fourth-order valence-electron chi connectivity index (χ4n) is 20.4. The molecule has 0 saturated carbocycles. The molecule has 15 aromatic rings. The van der Waals surface area contributed by atoms with Crippen LogP contribution in [0.4, 0.5) is 17.1 Å². The van der Waals surface area contributed by atoms with E-state index in [1.54, 1.807) is 0 Å². The summed E-state index contributed by atoms with van der Waals surface area (Å²) in [7, 11) is 0. The number of anilines is 3. The maximum Gasteiger partial charge on any atom is 0.320 e. The standard InChI is InChI=1S/C20H14BN.6C16H12BN/c1-2-6-17-15(5-1)7-8-16-9-10-19-18(20(16)17)11-14-22-13-4-3-12-21(19)22;1-2-6-15-13(5-1)7-8-14-9-11-17-10-3-4-12-18(17)16(14)15;1-2-6-14-13(5-1)7-8-16-15(14)9-11-17-10-3-4-12-18(16)17;1-2-6-15-13(5-1)7-8-14-9-12-18-11-4-3-10-17(18)16(14)15;1-2-6-14-13(5-1)7-8-16-15(14)9-12-18-11-4-3-10-17(16)18;1-2-6-14-12-16-15(11-13(14)5-1)7-9-17-8-3-4-10-18(16)17;1-2-6-14-12-16-15(11-13(14)5-1)7-10-18-9-4-3-8-17(16)18/h1-14H;6*1-12H. The molecule has 15 aromatic carbocycles. The molecule has 0 amide bonds. The van der Waals surface area contributed by atoms with Gasteiger partial charge in [0.05, 0.1) is 0 Å². The summed E-state index contributed by atoms with van der Waals surface area (Å²) in [6, 6.07) is 95.9. The van der Waals surface area contributed by atoms with Gasteiger partial charge in [0.2, 0.25) is 0 Å². The van der Waals surface area contributed by atoms with E-state index in [0.29, 0.717) is 47.9 Å². The van der Waals surface area contributed by atoms with Crippen LogP contribution in [0.5, 0.6) is 0 Å². The van der Waals surface area contributed by atoms with Gasteiger partial charge in [-0.05, 0) is 295 Å². The Morgan fingerprint density at radius 1 is 0.185 bits per heavy atom. The monoisotopic (exact) mass is 1650 g/mol. The zero-order valence-electron chi connectivity index (χ0n) is 71.8. The van der Waals surface area contributed by atoms with E-state index in [2.05, 4.69) is 556 Å². The normalized spacial score (nSPS) is 15.9. The SMILES string of the molecule is C1=CB2C=Cc3c(ccc4ccccc34)N2C=C1.C1=CB2C=Cc3cc4ccccc4cc3N2C=C1.C1=CB2C=Cc3ccc4ccccc4c3N2C=C1.C1=CB2c3c(ccc4ccccc34)C=CN2C=C1.C1=CB2c3cc4ccccc4cc3C=CN2C=C1.C1=CB2c3ccc4ccc5ccccc5c4c3C=CN2C=C1.C1=CB2c3ccc4ccccc4c3C=CN2C=C1. The van der Waals surface area contributed by atoms with Gasteiger partial charge in [-0.1, -0.05) is 363 Å². The lowest BCUT2D eigenvalue weighted by atomic mass is 9.50. The molecule has 0 saturated heterocycles. The molecule has 7 nitrogen and oxygen atoms in total. The molecule has 0 N–H and O–H groups in total. The van der Waals surface area contributed by atoms with Crippen LogP contribution >= 0.6 is 0 Å². The quantitative estimate of drug-likeness (QED) is 0.110. The average molecular weight is 1650 g/mol. The summed E-state index contributed by atoms with van der Waals surface area (Å²) in [4.78, 5) is 16.0. The molecule has 0 aliphatic carbocycles. The largest absolute Gasteiger partial charge is 0.389 e. The third-order valence-corrected chi connectivity index (χ3v) is 26.8. The minimum atomic E-state index is 0.313. The highest BCUT2D eigenvalue weighted by atomic mass is 15.1. The molecule has 0 unspecified atom stereocenters. The molecule has 0 radical (unpaired) electrons. The fourth-order valence-corrected chi connectivity index (χ4v) is 20.4. The van der Waals surface area contributed by atoms with Gasteiger partial charge in [-0.15, -0.1) is 0 Å². The van der Waals surface area contributed by atoms with E-state index in [-0.39, 0.29) is 0 Å². The Morgan fingerprint density at radius 3 is 1.18 bits per heavy atom. The second-order valence-corrected chi connectivity index (χ2v) is 34.3. The van der Waals surface area contributed by atoms with Crippen molar-refractivity contribution >= 4 is 216 Å². The van der Waals surface area contributed by atoms with Crippen molar-refractivity contribution in [3.63, 3.8) is 0 Å². The van der Waals surface area contributed by atoms with Gasteiger partial charge in [0.25, 0.3) is 0 Å². The van der Waals surface area contributed by atoms with Crippen molar-refractivity contribution in [2.24, 2.45) is 0 Å². The molecule has 14 heteroatoms. The van der Waals surface area contributed by atoms with Crippen molar-refractivity contribution in [1.82, 2.24) is 19.2 Å². The number of benzene rings is 15. The Labute approximate surface area is 762 Å². The second-order valence-electron chi connectivity index (χ2n) is 34.3. The zero-order valence-corrected chi connectivity index (χ0v) is 71.8. The highest BCUT2D eigenvalue weighted by Crippen LogP contribution is 2.40. The van der Waals surface area contributed by atoms with E-state index < -0.39 is 0 Å². The number of fused-ring (bicyclic) bond motifs is 35. The molecule has 0 atom stereocenters. The summed E-state index contributed by atoms with van der Waals surface area (Å²) < 4.78 is 0. The summed E-state index contributed by atoms with van der Waals surface area (Å²) in [5.41, 5.74) is 18.8. The minimum absolute atomic E-state index is 0.313. The van der Waals surface area contributed by atoms with Crippen molar-refractivity contribution in [3.05, 3.63) is 519 Å². The third-order valence-electron chi connectivity index (χ3n) is 26.8. The van der Waals surface area contributed by atoms with Gasteiger partial charge in [0.15, 0.2) is 0 Å². The molecule has 14 aliphatic rings. The van der Waals surface area contributed by atoms with Crippen LogP contribution in [-0.2, 0) is 0 Å². The van der Waals surface area contributed by atoms with Crippen LogP contribution in [0.3, 0.4) is 0 Å². The first-order valence-electron chi connectivity index (χ1n) is 45.2. The smallest absolute Gasteiger partial charge is 0.320 e. The molecular weight excluding hydrogens is 1570 g/mol. The topological polar surface area (TPSA) is 22.7 Å². The van der Waals surface area contributed by atoms with Crippen molar-refractivity contribution < 1.29 is 0 Å². The molecular formula is C116H86B7N7. The molecule has 606 valence electrons. The van der Waals surface area contributed by atoms with Crippen molar-refractivity contribution in [2.75, 3.05) is 14.4 Å². The predicted molar refractivity (Wildman–Crippen MR) is 570 cm³/mol. The average Bonchev–Trinajstić information content (AvgIpc) is 0.744. The number of hydrogen-bond acceptors (Lipinski definition) is 7. The zero-order chi connectivity index (χ0) is 86.2. The maximum atomic E-state index is 2.34. The Kier molecular flexibility index (Phi) is 21.0. The van der Waals surface area contributed by atoms with Crippen LogP contribution < -0.4 is 36.3 Å². The molecule has 130 heavy (non-hydrogen) atoms. The lowest BCUT2D eigenvalue weighted by Gasteiger charge is -2.32. The van der Waals surface area contributed by atoms with E-state index in [9.17, 15) is 0 Å². The van der Waals surface area contributed by atoms with Crippen LogP contribution in [0.15, 0.2) is 480 Å². The van der Waals surface area contributed by atoms with E-state index in [0.717, 1.165) is 0 Å². The van der Waals surface area contributed by atoms with Crippen molar-refractivity contribution in [3.8, 4) is 0 Å². The Hall–Kier alpha value is -16.0. The molecule has 0 fully saturated rings. The van der Waals surface area contributed by atoms with Crippen LogP contribution in [0.25, 0.3) is 129 Å². The van der Waals surface area contributed by atoms with Gasteiger partial charge in [0.1, 0.15) is 0 Å². The summed E-state index contributed by atoms with van der Waals surface area (Å²) in [5, 5.41) is 21.1. The van der Waals surface area contributed by atoms with Gasteiger partial charge in [-0.3, -0.25) is 0 Å². The highest BCUT2D eigenvalue weighted by molar-refractivity contribution is 6.81. The van der Waals surface area contributed by atoms with Crippen LogP contribution in [-0.4, -0.2) is 67.2 Å². The molecule has 0 aromatic heterocycles. The van der Waals surface area contributed by atoms with Crippen LogP contribution in [0.1, 0.15) is 38.9 Å². The molecule has 0 bridgehead atoms. The predicted octanol–water partition coefficient (Wildman–Crippen LogP) is 24.4. The molecule has 14 heterocycles. The third kappa shape index (κ3) is 15.0. The Morgan fingerprint density at radius 2 is 0.562 bits per heavy atom. The highest BCUT2D eigenvalue weighted by Gasteiger charge is 2.34. The van der Waals surface area contributed by atoms with E-state index >= 15 is 0 Å². The van der Waals surface area contributed by atoms with Gasteiger partial charge in [-0.25, -0.2) is 0 Å². The molecule has 29 rings (SSSR count). The molecule has 0 spiro atoms. The van der Waals surface area contributed by atoms with Gasteiger partial charge in [0, 0.05) is 28.0 Å². The number of allylic oxidation sites excluding steroid dienone is 14. The Balaban J connectivity index is 0.0000000865. The van der Waals surface area contributed by atoms with Crippen molar-refractivity contribution in [1.29, 1.82) is 0 Å². The number of rotatable bonds is 0. The van der Waals surface area contributed by atoms with Gasteiger partial charge in [-0.2, -0.15) is 0 Å². The molecule has 14 aliphatic heterocycles. The van der Waals surface area contributed by atoms with E-state index in [4.69, 9.17) is 0 Å². The first kappa shape index (κ1) is 78.7. The van der Waals surface area contributed by atoms with Crippen molar-refractivity contribution in [2.45, 2.75) is 0 Å².